The molecule has 1 amide bonds. The highest BCUT2D eigenvalue weighted by atomic mass is 16.1. The molecule has 0 fully saturated rings. The molecule has 6 heteroatoms. The lowest BCUT2D eigenvalue weighted by molar-refractivity contribution is -0.122. The standard InChI is InChI=1S/C18H26N4O2/c1-13(2)21(4)12-14(3)20-18(24)9-10-22-16-8-6-5-7-15(16)17(23)11-19-22/h5-8,11,13-14H,9-10,12H2,1-4H3,(H,20,24)/t14-/m0/s1. The summed E-state index contributed by atoms with van der Waals surface area (Å²) in [5.41, 5.74) is 0.655. The van der Waals surface area contributed by atoms with Gasteiger partial charge in [-0.3, -0.25) is 14.3 Å². The number of benzene rings is 1. The molecule has 1 heterocycles. The fourth-order valence-electron chi connectivity index (χ4n) is 2.58. The van der Waals surface area contributed by atoms with Gasteiger partial charge in [-0.2, -0.15) is 5.10 Å². The summed E-state index contributed by atoms with van der Waals surface area (Å²) in [5, 5.41) is 7.78. The second kappa shape index (κ2) is 8.06. The van der Waals surface area contributed by atoms with Gasteiger partial charge < -0.3 is 10.2 Å². The molecule has 0 unspecified atom stereocenters. The molecule has 2 aromatic rings. The van der Waals surface area contributed by atoms with Crippen molar-refractivity contribution in [1.82, 2.24) is 20.0 Å². The molecule has 130 valence electrons. The first-order valence-corrected chi connectivity index (χ1v) is 8.33. The van der Waals surface area contributed by atoms with E-state index in [1.807, 2.05) is 32.2 Å². The minimum atomic E-state index is -0.100. The third-order valence-corrected chi connectivity index (χ3v) is 4.16. The van der Waals surface area contributed by atoms with E-state index in [0.717, 1.165) is 12.1 Å². The number of likely N-dealkylation sites (N-methyl/N-ethyl adjacent to an activating group) is 1. The molecule has 6 nitrogen and oxygen atoms in total. The van der Waals surface area contributed by atoms with Crippen LogP contribution in [0.3, 0.4) is 0 Å². The first-order valence-electron chi connectivity index (χ1n) is 8.33. The van der Waals surface area contributed by atoms with Gasteiger partial charge in [-0.25, -0.2) is 0 Å². The van der Waals surface area contributed by atoms with E-state index in [1.165, 1.54) is 6.20 Å². The Labute approximate surface area is 142 Å². The van der Waals surface area contributed by atoms with Crippen LogP contribution in [-0.2, 0) is 11.3 Å². The number of aryl methyl sites for hydroxylation is 1. The van der Waals surface area contributed by atoms with Crippen molar-refractivity contribution >= 4 is 16.8 Å². The van der Waals surface area contributed by atoms with Gasteiger partial charge in [-0.1, -0.05) is 12.1 Å². The van der Waals surface area contributed by atoms with Crippen LogP contribution in [0.5, 0.6) is 0 Å². The molecular weight excluding hydrogens is 304 g/mol. The van der Waals surface area contributed by atoms with Crippen LogP contribution in [0.4, 0.5) is 0 Å². The smallest absolute Gasteiger partial charge is 0.222 e. The Hall–Kier alpha value is -2.21. The first-order chi connectivity index (χ1) is 11.4. The fraction of sp³-hybridized carbons (Fsp3) is 0.500. The van der Waals surface area contributed by atoms with Gasteiger partial charge in [0.05, 0.1) is 18.3 Å². The summed E-state index contributed by atoms with van der Waals surface area (Å²) in [6, 6.07) is 7.85. The Bertz CT molecular complexity index is 754. The number of nitrogens with zero attached hydrogens (tertiary/aromatic N) is 3. The van der Waals surface area contributed by atoms with Crippen LogP contribution in [0.2, 0.25) is 0 Å². The van der Waals surface area contributed by atoms with Crippen molar-refractivity contribution in [2.24, 2.45) is 0 Å². The fourth-order valence-corrected chi connectivity index (χ4v) is 2.58. The van der Waals surface area contributed by atoms with Crippen molar-refractivity contribution in [3.63, 3.8) is 0 Å². The summed E-state index contributed by atoms with van der Waals surface area (Å²) < 4.78 is 1.71. The summed E-state index contributed by atoms with van der Waals surface area (Å²) in [4.78, 5) is 26.2. The average molecular weight is 330 g/mol. The van der Waals surface area contributed by atoms with Crippen LogP contribution in [0.15, 0.2) is 35.3 Å². The van der Waals surface area contributed by atoms with Crippen LogP contribution < -0.4 is 10.7 Å². The highest BCUT2D eigenvalue weighted by molar-refractivity contribution is 5.79. The molecule has 24 heavy (non-hydrogen) atoms. The zero-order valence-corrected chi connectivity index (χ0v) is 14.8. The number of aromatic nitrogens is 2. The summed E-state index contributed by atoms with van der Waals surface area (Å²) in [5.74, 6) is -0.00997. The van der Waals surface area contributed by atoms with E-state index in [0.29, 0.717) is 24.4 Å². The lowest BCUT2D eigenvalue weighted by Gasteiger charge is -2.25. The molecule has 0 spiro atoms. The number of carbonyl (C=O) groups is 1. The van der Waals surface area contributed by atoms with Gasteiger partial charge in [0, 0.05) is 30.4 Å². The third kappa shape index (κ3) is 4.64. The van der Waals surface area contributed by atoms with Gasteiger partial charge >= 0.3 is 0 Å². The molecule has 0 saturated heterocycles. The Morgan fingerprint density at radius 2 is 2.00 bits per heavy atom. The predicted molar refractivity (Wildman–Crippen MR) is 96.0 cm³/mol. The molecule has 1 aromatic heterocycles. The van der Waals surface area contributed by atoms with Gasteiger partial charge in [0.15, 0.2) is 0 Å². The first kappa shape index (κ1) is 18.1. The maximum atomic E-state index is 12.1. The van der Waals surface area contributed by atoms with Crippen molar-refractivity contribution in [2.75, 3.05) is 13.6 Å². The number of amides is 1. The zero-order valence-electron chi connectivity index (χ0n) is 14.8. The van der Waals surface area contributed by atoms with Crippen molar-refractivity contribution < 1.29 is 4.79 Å². The molecule has 0 aliphatic rings. The summed E-state index contributed by atoms with van der Waals surface area (Å²) in [6.45, 7) is 7.51. The van der Waals surface area contributed by atoms with E-state index in [4.69, 9.17) is 0 Å². The summed E-state index contributed by atoms with van der Waals surface area (Å²) >= 11 is 0. The quantitative estimate of drug-likeness (QED) is 0.838. The molecule has 0 aliphatic heterocycles. The maximum absolute atomic E-state index is 12.1. The largest absolute Gasteiger partial charge is 0.352 e. The SMILES string of the molecule is CC(C)N(C)C[C@H](C)NC(=O)CCn1ncc(=O)c2ccccc21. The van der Waals surface area contributed by atoms with E-state index in [-0.39, 0.29) is 17.4 Å². The van der Waals surface area contributed by atoms with Crippen molar-refractivity contribution in [3.05, 3.63) is 40.7 Å². The van der Waals surface area contributed by atoms with Crippen LogP contribution in [-0.4, -0.2) is 46.3 Å². The molecule has 0 radical (unpaired) electrons. The molecular formula is C18H26N4O2. The van der Waals surface area contributed by atoms with Gasteiger partial charge in [-0.15, -0.1) is 0 Å². The number of hydrogen-bond acceptors (Lipinski definition) is 4. The Kier molecular flexibility index (Phi) is 6.09. The number of para-hydroxylation sites is 1. The minimum Gasteiger partial charge on any atom is -0.352 e. The van der Waals surface area contributed by atoms with Crippen molar-refractivity contribution in [1.29, 1.82) is 0 Å². The van der Waals surface area contributed by atoms with Crippen LogP contribution in [0.25, 0.3) is 10.9 Å². The summed E-state index contributed by atoms with van der Waals surface area (Å²) in [7, 11) is 2.05. The van der Waals surface area contributed by atoms with E-state index >= 15 is 0 Å². The lowest BCUT2D eigenvalue weighted by atomic mass is 10.2. The molecule has 0 aliphatic carbocycles. The minimum absolute atomic E-state index is 0.00997. The lowest BCUT2D eigenvalue weighted by Crippen LogP contribution is -2.42. The topological polar surface area (TPSA) is 67.2 Å². The van der Waals surface area contributed by atoms with Crippen LogP contribution in [0.1, 0.15) is 27.2 Å². The number of fused-ring (bicyclic) bond motifs is 1. The average Bonchev–Trinajstić information content (AvgIpc) is 2.54. The van der Waals surface area contributed by atoms with Gasteiger partial charge in [0.1, 0.15) is 0 Å². The van der Waals surface area contributed by atoms with E-state index in [9.17, 15) is 9.59 Å². The van der Waals surface area contributed by atoms with Crippen LogP contribution >= 0.6 is 0 Å². The second-order valence-electron chi connectivity index (χ2n) is 6.50. The van der Waals surface area contributed by atoms with Crippen molar-refractivity contribution in [2.45, 2.75) is 45.8 Å². The van der Waals surface area contributed by atoms with Crippen LogP contribution in [0, 0.1) is 0 Å². The van der Waals surface area contributed by atoms with Gasteiger partial charge in [-0.05, 0) is 40.0 Å². The molecule has 1 N–H and O–H groups in total. The van der Waals surface area contributed by atoms with E-state index < -0.39 is 0 Å². The molecule has 0 saturated carbocycles. The second-order valence-corrected chi connectivity index (χ2v) is 6.50. The highest BCUT2D eigenvalue weighted by Gasteiger charge is 2.12. The third-order valence-electron chi connectivity index (χ3n) is 4.16. The maximum Gasteiger partial charge on any atom is 0.222 e. The van der Waals surface area contributed by atoms with E-state index in [1.54, 1.807) is 10.7 Å². The van der Waals surface area contributed by atoms with E-state index in [2.05, 4.69) is 29.2 Å². The molecule has 1 aromatic carbocycles. The Balaban J connectivity index is 1.95. The monoisotopic (exact) mass is 330 g/mol. The molecule has 1 atom stereocenters. The Morgan fingerprint density at radius 1 is 1.29 bits per heavy atom. The normalized spacial score (nSPS) is 12.8. The predicted octanol–water partition coefficient (Wildman–Crippen LogP) is 1.63. The number of rotatable bonds is 7. The van der Waals surface area contributed by atoms with Gasteiger partial charge in [0.25, 0.3) is 0 Å². The highest BCUT2D eigenvalue weighted by Crippen LogP contribution is 2.08. The summed E-state index contributed by atoms with van der Waals surface area (Å²) in [6.07, 6.45) is 1.63. The van der Waals surface area contributed by atoms with Gasteiger partial charge in [0.2, 0.25) is 11.3 Å². The number of carbonyl (C=O) groups excluding carboxylic acids is 1. The zero-order chi connectivity index (χ0) is 17.7. The molecule has 0 bridgehead atoms. The Morgan fingerprint density at radius 3 is 2.71 bits per heavy atom. The number of nitrogens with one attached hydrogen (secondary N) is 1. The number of hydrogen-bond donors (Lipinski definition) is 1. The molecule has 2 rings (SSSR count). The van der Waals surface area contributed by atoms with Crippen molar-refractivity contribution in [3.8, 4) is 0 Å².